The van der Waals surface area contributed by atoms with Gasteiger partial charge in [-0.2, -0.15) is 0 Å². The van der Waals surface area contributed by atoms with Crippen LogP contribution in [0.2, 0.25) is 0 Å². The number of nitrogens with zero attached hydrogens (tertiary/aromatic N) is 1. The third kappa shape index (κ3) is 1.83. The molecule has 2 rings (SSSR count). The molecule has 0 spiro atoms. The van der Waals surface area contributed by atoms with Crippen LogP contribution in [0.3, 0.4) is 0 Å². The highest BCUT2D eigenvalue weighted by Crippen LogP contribution is 2.25. The zero-order valence-corrected chi connectivity index (χ0v) is 10.1. The van der Waals surface area contributed by atoms with Crippen molar-refractivity contribution in [3.05, 3.63) is 34.9 Å². The van der Waals surface area contributed by atoms with Gasteiger partial charge < -0.3 is 10.2 Å². The fourth-order valence-corrected chi connectivity index (χ4v) is 2.25. The summed E-state index contributed by atoms with van der Waals surface area (Å²) >= 11 is 0. The lowest BCUT2D eigenvalue weighted by Gasteiger charge is -2.26. The molecule has 0 aromatic heterocycles. The summed E-state index contributed by atoms with van der Waals surface area (Å²) in [5.74, 6) is 0.103. The van der Waals surface area contributed by atoms with Gasteiger partial charge in [-0.15, -0.1) is 0 Å². The Morgan fingerprint density at radius 3 is 2.88 bits per heavy atom. The molecule has 1 unspecified atom stereocenters. The van der Waals surface area contributed by atoms with Gasteiger partial charge in [-0.3, -0.25) is 4.79 Å². The van der Waals surface area contributed by atoms with Crippen LogP contribution in [-0.2, 0) is 6.42 Å². The topological polar surface area (TPSA) is 32.3 Å². The van der Waals surface area contributed by atoms with Gasteiger partial charge in [0.15, 0.2) is 0 Å². The molecule has 0 saturated carbocycles. The Balaban J connectivity index is 2.48. The highest BCUT2D eigenvalue weighted by atomic mass is 16.2. The number of nitrogens with one attached hydrogen (secondary N) is 1. The van der Waals surface area contributed by atoms with Crippen LogP contribution in [0.4, 0.5) is 0 Å². The molecule has 0 radical (unpaired) electrons. The van der Waals surface area contributed by atoms with Crippen LogP contribution in [0.25, 0.3) is 0 Å². The standard InChI is InChI=1S/C13H18N2O/c1-9-10-5-4-6-12(13(16)15(2)3)11(10)7-8-14-9/h4-6,9,14H,7-8H2,1-3H3. The second kappa shape index (κ2) is 4.26. The SMILES string of the molecule is CC1NCCc2c(C(=O)N(C)C)cccc21. The Hall–Kier alpha value is -1.35. The average Bonchev–Trinajstić information content (AvgIpc) is 2.28. The van der Waals surface area contributed by atoms with E-state index in [0.29, 0.717) is 6.04 Å². The molecule has 0 aliphatic carbocycles. The van der Waals surface area contributed by atoms with E-state index in [1.807, 2.05) is 12.1 Å². The molecule has 3 nitrogen and oxygen atoms in total. The summed E-state index contributed by atoms with van der Waals surface area (Å²) in [6, 6.07) is 6.36. The summed E-state index contributed by atoms with van der Waals surface area (Å²) in [6.07, 6.45) is 0.940. The Labute approximate surface area is 96.5 Å². The fourth-order valence-electron chi connectivity index (χ4n) is 2.25. The third-order valence-electron chi connectivity index (χ3n) is 3.14. The second-order valence-electron chi connectivity index (χ2n) is 4.50. The largest absolute Gasteiger partial charge is 0.345 e. The first-order chi connectivity index (χ1) is 7.61. The first-order valence-corrected chi connectivity index (χ1v) is 5.68. The van der Waals surface area contributed by atoms with Gasteiger partial charge in [-0.05, 0) is 37.1 Å². The molecule has 1 heterocycles. The van der Waals surface area contributed by atoms with Crippen LogP contribution in [0, 0.1) is 0 Å². The zero-order valence-electron chi connectivity index (χ0n) is 10.1. The number of amides is 1. The number of fused-ring (bicyclic) bond motifs is 1. The number of benzene rings is 1. The first-order valence-electron chi connectivity index (χ1n) is 5.68. The van der Waals surface area contributed by atoms with E-state index in [4.69, 9.17) is 0 Å². The second-order valence-corrected chi connectivity index (χ2v) is 4.50. The summed E-state index contributed by atoms with van der Waals surface area (Å²) in [6.45, 7) is 3.09. The minimum absolute atomic E-state index is 0.103. The van der Waals surface area contributed by atoms with Gasteiger partial charge in [0, 0.05) is 25.7 Å². The number of carbonyl (C=O) groups excluding carboxylic acids is 1. The lowest BCUT2D eigenvalue weighted by Crippen LogP contribution is -2.31. The maximum absolute atomic E-state index is 12.0. The molecule has 1 N–H and O–H groups in total. The summed E-state index contributed by atoms with van der Waals surface area (Å²) in [5, 5.41) is 3.41. The lowest BCUT2D eigenvalue weighted by molar-refractivity contribution is 0.0826. The number of rotatable bonds is 1. The molecule has 1 amide bonds. The molecule has 1 atom stereocenters. The zero-order chi connectivity index (χ0) is 11.7. The maximum Gasteiger partial charge on any atom is 0.253 e. The molecule has 1 aromatic carbocycles. The Morgan fingerprint density at radius 1 is 1.44 bits per heavy atom. The van der Waals surface area contributed by atoms with Gasteiger partial charge in [0.1, 0.15) is 0 Å². The van der Waals surface area contributed by atoms with Crippen LogP contribution < -0.4 is 5.32 Å². The van der Waals surface area contributed by atoms with Crippen molar-refractivity contribution >= 4 is 5.91 Å². The molecule has 0 fully saturated rings. The summed E-state index contributed by atoms with van der Waals surface area (Å²) in [5.41, 5.74) is 3.34. The van der Waals surface area contributed by atoms with Gasteiger partial charge in [0.25, 0.3) is 5.91 Å². The van der Waals surface area contributed by atoms with Crippen molar-refractivity contribution in [1.29, 1.82) is 0 Å². The molecule has 0 saturated heterocycles. The van der Waals surface area contributed by atoms with Gasteiger partial charge in [0.05, 0.1) is 0 Å². The van der Waals surface area contributed by atoms with E-state index in [-0.39, 0.29) is 5.91 Å². The van der Waals surface area contributed by atoms with E-state index in [1.54, 1.807) is 19.0 Å². The normalized spacial score (nSPS) is 19.1. The number of carbonyl (C=O) groups is 1. The quantitative estimate of drug-likeness (QED) is 0.776. The molecular formula is C13H18N2O. The van der Waals surface area contributed by atoms with Gasteiger partial charge >= 0.3 is 0 Å². The minimum atomic E-state index is 0.103. The van der Waals surface area contributed by atoms with E-state index < -0.39 is 0 Å². The van der Waals surface area contributed by atoms with Crippen molar-refractivity contribution < 1.29 is 4.79 Å². The predicted octanol–water partition coefficient (Wildman–Crippen LogP) is 1.60. The average molecular weight is 218 g/mol. The highest BCUT2D eigenvalue weighted by molar-refractivity contribution is 5.95. The number of hydrogen-bond donors (Lipinski definition) is 1. The fraction of sp³-hybridized carbons (Fsp3) is 0.462. The third-order valence-corrected chi connectivity index (χ3v) is 3.14. The van der Waals surface area contributed by atoms with Gasteiger partial charge in [0.2, 0.25) is 0 Å². The molecule has 1 aliphatic rings. The Kier molecular flexibility index (Phi) is 2.97. The molecule has 3 heteroatoms. The predicted molar refractivity (Wildman–Crippen MR) is 64.6 cm³/mol. The van der Waals surface area contributed by atoms with Crippen molar-refractivity contribution in [3.8, 4) is 0 Å². The van der Waals surface area contributed by atoms with Crippen LogP contribution in [0.15, 0.2) is 18.2 Å². The molecule has 0 bridgehead atoms. The smallest absolute Gasteiger partial charge is 0.253 e. The van der Waals surface area contributed by atoms with Crippen LogP contribution in [0.1, 0.15) is 34.5 Å². The van der Waals surface area contributed by atoms with Gasteiger partial charge in [-0.25, -0.2) is 0 Å². The first kappa shape index (κ1) is 11.1. The summed E-state index contributed by atoms with van der Waals surface area (Å²) in [7, 11) is 3.60. The van der Waals surface area contributed by atoms with E-state index >= 15 is 0 Å². The maximum atomic E-state index is 12.0. The Bertz CT molecular complexity index is 412. The molecule has 1 aromatic rings. The van der Waals surface area contributed by atoms with E-state index in [0.717, 1.165) is 18.5 Å². The van der Waals surface area contributed by atoms with Crippen LogP contribution in [-0.4, -0.2) is 31.4 Å². The highest BCUT2D eigenvalue weighted by Gasteiger charge is 2.21. The molecule has 86 valence electrons. The van der Waals surface area contributed by atoms with Crippen molar-refractivity contribution in [2.45, 2.75) is 19.4 Å². The number of hydrogen-bond acceptors (Lipinski definition) is 2. The van der Waals surface area contributed by atoms with Crippen molar-refractivity contribution in [1.82, 2.24) is 10.2 Å². The van der Waals surface area contributed by atoms with Gasteiger partial charge in [-0.1, -0.05) is 12.1 Å². The molecule has 1 aliphatic heterocycles. The van der Waals surface area contributed by atoms with Crippen LogP contribution in [0.5, 0.6) is 0 Å². The van der Waals surface area contributed by atoms with E-state index in [1.165, 1.54) is 11.1 Å². The van der Waals surface area contributed by atoms with Crippen LogP contribution >= 0.6 is 0 Å². The summed E-state index contributed by atoms with van der Waals surface area (Å²) in [4.78, 5) is 13.7. The lowest BCUT2D eigenvalue weighted by atomic mass is 9.90. The minimum Gasteiger partial charge on any atom is -0.345 e. The van der Waals surface area contributed by atoms with E-state index in [9.17, 15) is 4.79 Å². The van der Waals surface area contributed by atoms with Crippen molar-refractivity contribution in [2.75, 3.05) is 20.6 Å². The van der Waals surface area contributed by atoms with Crippen molar-refractivity contribution in [3.63, 3.8) is 0 Å². The monoisotopic (exact) mass is 218 g/mol. The Morgan fingerprint density at radius 2 is 2.19 bits per heavy atom. The summed E-state index contributed by atoms with van der Waals surface area (Å²) < 4.78 is 0. The molecular weight excluding hydrogens is 200 g/mol. The molecule has 16 heavy (non-hydrogen) atoms. The van der Waals surface area contributed by atoms with Crippen molar-refractivity contribution in [2.24, 2.45) is 0 Å². The van der Waals surface area contributed by atoms with E-state index in [2.05, 4.69) is 18.3 Å².